The first kappa shape index (κ1) is 32.2. The summed E-state index contributed by atoms with van der Waals surface area (Å²) in [6.07, 6.45) is 0. The number of anilines is 2. The van der Waals surface area contributed by atoms with Crippen LogP contribution in [0.4, 0.5) is 11.4 Å². The molecule has 0 aliphatic heterocycles. The highest BCUT2D eigenvalue weighted by atomic mass is 35.5. The molecule has 0 unspecified atom stereocenters. The minimum atomic E-state index is -0.612. The average Bonchev–Trinajstić information content (AvgIpc) is 2.89. The van der Waals surface area contributed by atoms with E-state index in [9.17, 15) is 40.2 Å². The summed E-state index contributed by atoms with van der Waals surface area (Å²) in [5.41, 5.74) is 0.336. The van der Waals surface area contributed by atoms with Crippen LogP contribution in [0.15, 0.2) is 24.3 Å². The third kappa shape index (κ3) is 7.57. The van der Waals surface area contributed by atoms with Gasteiger partial charge in [-0.1, -0.05) is 0 Å². The molecule has 1 aliphatic carbocycles. The summed E-state index contributed by atoms with van der Waals surface area (Å²) in [7, 11) is 0. The minimum Gasteiger partial charge on any atom is -0.507 e. The number of phenols is 2. The van der Waals surface area contributed by atoms with E-state index in [1.54, 1.807) is 12.1 Å². The number of aliphatic hydroxyl groups excluding tert-OH is 4. The molecule has 0 heterocycles. The van der Waals surface area contributed by atoms with Crippen LogP contribution in [0.1, 0.15) is 31.8 Å². The number of carbonyl (C=O) groups is 2. The molecule has 0 atom stereocenters. The number of halogens is 1. The molecule has 0 saturated carbocycles. The lowest BCUT2D eigenvalue weighted by Gasteiger charge is -2.26. The van der Waals surface area contributed by atoms with E-state index in [0.29, 0.717) is 63.7 Å². The summed E-state index contributed by atoms with van der Waals surface area (Å²) in [6.45, 7) is 2.76. The molecule has 13 heteroatoms. The van der Waals surface area contributed by atoms with Gasteiger partial charge in [-0.15, -0.1) is 12.4 Å². The minimum absolute atomic E-state index is 0. The Kier molecular flexibility index (Phi) is 12.9. The van der Waals surface area contributed by atoms with Crippen LogP contribution in [0.25, 0.3) is 0 Å². The Labute approximate surface area is 232 Å². The molecule has 8 N–H and O–H groups in total. The second-order valence-corrected chi connectivity index (χ2v) is 8.85. The van der Waals surface area contributed by atoms with Gasteiger partial charge in [0.05, 0.1) is 48.7 Å². The summed E-state index contributed by atoms with van der Waals surface area (Å²) in [6, 6.07) is 5.63. The number of aliphatic hydroxyl groups is 4. The maximum atomic E-state index is 13.6. The Morgan fingerprint density at radius 3 is 1.18 bits per heavy atom. The standard InChI is InChI=1S/C26H36N4O8.ClH/c31-13-9-29(10-14-32)7-5-27-17-1-2-18(28-6-8-30(11-15-33)12-16-34)22-21(17)25(37)23-19(35)3-4-20(36)24(23)26(22)38;/h1-4,27-28,31-36H,5-16H2;1H. The lowest BCUT2D eigenvalue weighted by Crippen LogP contribution is -2.35. The monoisotopic (exact) mass is 568 g/mol. The quantitative estimate of drug-likeness (QED) is 0.106. The van der Waals surface area contributed by atoms with Crippen LogP contribution in [0.3, 0.4) is 0 Å². The first-order valence-electron chi connectivity index (χ1n) is 12.5. The van der Waals surface area contributed by atoms with Crippen molar-refractivity contribution in [3.63, 3.8) is 0 Å². The zero-order chi connectivity index (χ0) is 27.7. The number of phenolic OH excluding ortho intramolecular Hbond substituents is 2. The second kappa shape index (κ2) is 15.6. The van der Waals surface area contributed by atoms with Crippen LogP contribution in [-0.2, 0) is 0 Å². The van der Waals surface area contributed by atoms with E-state index >= 15 is 0 Å². The Hall–Kier alpha value is -2.97. The van der Waals surface area contributed by atoms with Crippen molar-refractivity contribution in [1.82, 2.24) is 9.80 Å². The number of aromatic hydroxyl groups is 2. The number of hydrogen-bond acceptors (Lipinski definition) is 12. The summed E-state index contributed by atoms with van der Waals surface area (Å²) >= 11 is 0. The van der Waals surface area contributed by atoms with Crippen molar-refractivity contribution in [1.29, 1.82) is 0 Å². The lowest BCUT2D eigenvalue weighted by molar-refractivity contribution is 0.0975. The molecule has 0 saturated heterocycles. The molecule has 39 heavy (non-hydrogen) atoms. The van der Waals surface area contributed by atoms with Gasteiger partial charge in [0.15, 0.2) is 0 Å². The fourth-order valence-corrected chi connectivity index (χ4v) is 4.59. The van der Waals surface area contributed by atoms with Crippen LogP contribution in [0, 0.1) is 0 Å². The zero-order valence-electron chi connectivity index (χ0n) is 21.6. The lowest BCUT2D eigenvalue weighted by atomic mass is 9.81. The number of carbonyl (C=O) groups excluding carboxylic acids is 2. The smallest absolute Gasteiger partial charge is 0.200 e. The summed E-state index contributed by atoms with van der Waals surface area (Å²) in [5, 5.41) is 64.1. The number of fused-ring (bicyclic) bond motifs is 2. The molecule has 0 amide bonds. The average molecular weight is 569 g/mol. The van der Waals surface area contributed by atoms with Crippen LogP contribution >= 0.6 is 12.4 Å². The fraction of sp³-hybridized carbons (Fsp3) is 0.462. The van der Waals surface area contributed by atoms with Gasteiger partial charge >= 0.3 is 0 Å². The second-order valence-electron chi connectivity index (χ2n) is 8.85. The number of nitrogens with one attached hydrogen (secondary N) is 2. The highest BCUT2D eigenvalue weighted by Gasteiger charge is 2.38. The van der Waals surface area contributed by atoms with E-state index < -0.39 is 23.1 Å². The molecule has 216 valence electrons. The van der Waals surface area contributed by atoms with Crippen LogP contribution in [-0.4, -0.2) is 131 Å². The van der Waals surface area contributed by atoms with Gasteiger partial charge in [-0.3, -0.25) is 19.4 Å². The van der Waals surface area contributed by atoms with Gasteiger partial charge in [-0.05, 0) is 24.3 Å². The van der Waals surface area contributed by atoms with Crippen molar-refractivity contribution in [2.45, 2.75) is 0 Å². The number of ketones is 2. The van der Waals surface area contributed by atoms with E-state index in [4.69, 9.17) is 0 Å². The number of rotatable bonds is 16. The molecule has 3 rings (SSSR count). The Balaban J connectivity index is 0.00000533. The molecule has 12 nitrogen and oxygen atoms in total. The van der Waals surface area contributed by atoms with Crippen molar-refractivity contribution < 1.29 is 40.2 Å². The first-order chi connectivity index (χ1) is 18.4. The van der Waals surface area contributed by atoms with Crippen molar-refractivity contribution in [3.8, 4) is 11.5 Å². The van der Waals surface area contributed by atoms with E-state index in [-0.39, 0.29) is 61.1 Å². The van der Waals surface area contributed by atoms with Crippen LogP contribution < -0.4 is 10.6 Å². The van der Waals surface area contributed by atoms with Crippen LogP contribution in [0.2, 0.25) is 0 Å². The number of benzene rings is 2. The number of nitrogens with zero attached hydrogens (tertiary/aromatic N) is 2. The van der Waals surface area contributed by atoms with Gasteiger partial charge in [-0.2, -0.15) is 0 Å². The van der Waals surface area contributed by atoms with E-state index in [1.807, 2.05) is 9.80 Å². The topological polar surface area (TPSA) is 186 Å². The van der Waals surface area contributed by atoms with E-state index in [2.05, 4.69) is 10.6 Å². The maximum absolute atomic E-state index is 13.6. The van der Waals surface area contributed by atoms with E-state index in [1.165, 1.54) is 0 Å². The Bertz CT molecular complexity index is 1040. The highest BCUT2D eigenvalue weighted by molar-refractivity contribution is 6.33. The molecular formula is C26H37ClN4O8. The molecule has 0 spiro atoms. The van der Waals surface area contributed by atoms with Crippen LogP contribution in [0.5, 0.6) is 11.5 Å². The molecule has 2 aromatic carbocycles. The Morgan fingerprint density at radius 1 is 0.538 bits per heavy atom. The first-order valence-corrected chi connectivity index (χ1v) is 12.5. The van der Waals surface area contributed by atoms with Crippen molar-refractivity contribution in [3.05, 3.63) is 46.5 Å². The summed E-state index contributed by atoms with van der Waals surface area (Å²) < 4.78 is 0. The molecule has 0 aromatic heterocycles. The van der Waals surface area contributed by atoms with Crippen molar-refractivity contribution in [2.24, 2.45) is 0 Å². The third-order valence-electron chi connectivity index (χ3n) is 6.43. The molecule has 0 bridgehead atoms. The van der Waals surface area contributed by atoms with Gasteiger partial charge in [-0.25, -0.2) is 0 Å². The predicted molar refractivity (Wildman–Crippen MR) is 149 cm³/mol. The third-order valence-corrected chi connectivity index (χ3v) is 6.43. The highest BCUT2D eigenvalue weighted by Crippen LogP contribution is 2.42. The van der Waals surface area contributed by atoms with Crippen molar-refractivity contribution in [2.75, 3.05) is 89.4 Å². The van der Waals surface area contributed by atoms with Gasteiger partial charge in [0, 0.05) is 63.7 Å². The largest absolute Gasteiger partial charge is 0.507 e. The van der Waals surface area contributed by atoms with Crippen molar-refractivity contribution >= 4 is 35.3 Å². The predicted octanol–water partition coefficient (Wildman–Crippen LogP) is -0.308. The summed E-state index contributed by atoms with van der Waals surface area (Å²) in [5.74, 6) is -2.04. The van der Waals surface area contributed by atoms with E-state index in [0.717, 1.165) is 12.1 Å². The van der Waals surface area contributed by atoms with Gasteiger partial charge < -0.3 is 41.3 Å². The maximum Gasteiger partial charge on any atom is 0.200 e. The molecule has 0 radical (unpaired) electrons. The fourth-order valence-electron chi connectivity index (χ4n) is 4.59. The molecule has 2 aromatic rings. The SMILES string of the molecule is Cl.O=C1c2c(O)ccc(O)c2C(=O)c2c(NCCN(CCO)CCO)ccc(NCCN(CCO)CCO)c21. The Morgan fingerprint density at radius 2 is 0.872 bits per heavy atom. The molecule has 0 fully saturated rings. The zero-order valence-corrected chi connectivity index (χ0v) is 22.4. The van der Waals surface area contributed by atoms with Gasteiger partial charge in [0.25, 0.3) is 0 Å². The normalized spacial score (nSPS) is 12.4. The summed E-state index contributed by atoms with van der Waals surface area (Å²) in [4.78, 5) is 30.9. The van der Waals surface area contributed by atoms with Gasteiger partial charge in [0.2, 0.25) is 11.6 Å². The molecular weight excluding hydrogens is 532 g/mol. The molecule has 1 aliphatic rings. The number of hydrogen-bond donors (Lipinski definition) is 8. The van der Waals surface area contributed by atoms with Gasteiger partial charge in [0.1, 0.15) is 11.5 Å².